The molecule has 2 heterocycles. The van der Waals surface area contributed by atoms with Crippen LogP contribution in [0.3, 0.4) is 0 Å². The third-order valence-electron chi connectivity index (χ3n) is 5.66. The number of aromatic nitrogens is 1. The van der Waals surface area contributed by atoms with E-state index in [-0.39, 0.29) is 6.79 Å². The van der Waals surface area contributed by atoms with Crippen molar-refractivity contribution in [3.63, 3.8) is 0 Å². The van der Waals surface area contributed by atoms with Gasteiger partial charge in [0.2, 0.25) is 6.79 Å². The van der Waals surface area contributed by atoms with Gasteiger partial charge in [-0.05, 0) is 44.4 Å². The molecule has 0 bridgehead atoms. The number of carbonyl (C=O) groups excluding carboxylic acids is 1. The van der Waals surface area contributed by atoms with E-state index < -0.39 is 6.09 Å². The number of nitrogens with two attached hydrogens (primary N) is 1. The molecule has 7 heteroatoms. The Morgan fingerprint density at radius 3 is 2.59 bits per heavy atom. The Labute approximate surface area is 168 Å². The molecule has 150 valence electrons. The maximum absolute atomic E-state index is 11.6. The van der Waals surface area contributed by atoms with Gasteiger partial charge in [-0.3, -0.25) is 5.32 Å². The fourth-order valence-electron chi connectivity index (χ4n) is 4.04. The van der Waals surface area contributed by atoms with Gasteiger partial charge in [0.15, 0.2) is 11.5 Å². The lowest BCUT2D eigenvalue weighted by Crippen LogP contribution is -2.18. The molecule has 3 aromatic rings. The number of carbonyl (C=O) groups is 1. The normalized spacial score (nSPS) is 15.3. The summed E-state index contributed by atoms with van der Waals surface area (Å²) in [5.74, 6) is 1.49. The van der Waals surface area contributed by atoms with Gasteiger partial charge in [-0.1, -0.05) is 12.1 Å². The highest BCUT2D eigenvalue weighted by Gasteiger charge is 2.28. The summed E-state index contributed by atoms with van der Waals surface area (Å²) in [6.45, 7) is 2.35. The standard InChI is InChI=1S/C22H23N3O4/c1-2-27-22(26)24-14-8-6-13(7-9-14)21-20(23)16-10-18-19(29-12-28-18)11-17(16)25(21)15-4-3-5-15/h6-11,15H,2-5,12,23H2,1H3,(H,24,26). The van der Waals surface area contributed by atoms with Crippen LogP contribution in [0, 0.1) is 0 Å². The molecule has 1 saturated carbocycles. The third kappa shape index (κ3) is 2.93. The highest BCUT2D eigenvalue weighted by atomic mass is 16.7. The summed E-state index contributed by atoms with van der Waals surface area (Å²) in [7, 11) is 0. The van der Waals surface area contributed by atoms with Crippen LogP contribution < -0.4 is 20.5 Å². The lowest BCUT2D eigenvalue weighted by atomic mass is 9.92. The minimum atomic E-state index is -0.460. The van der Waals surface area contributed by atoms with Crippen molar-refractivity contribution in [1.82, 2.24) is 4.57 Å². The van der Waals surface area contributed by atoms with Gasteiger partial charge in [0.05, 0.1) is 23.5 Å². The van der Waals surface area contributed by atoms with Crippen molar-refractivity contribution in [3.05, 3.63) is 36.4 Å². The Morgan fingerprint density at radius 2 is 1.93 bits per heavy atom. The largest absolute Gasteiger partial charge is 0.454 e. The third-order valence-corrected chi connectivity index (χ3v) is 5.66. The minimum Gasteiger partial charge on any atom is -0.454 e. The van der Waals surface area contributed by atoms with Crippen molar-refractivity contribution in [2.75, 3.05) is 24.5 Å². The molecule has 0 radical (unpaired) electrons. The molecular formula is C22H23N3O4. The Kier molecular flexibility index (Phi) is 4.23. The zero-order chi connectivity index (χ0) is 20.0. The SMILES string of the molecule is CCOC(=O)Nc1ccc(-c2c(N)c3cc4c(cc3n2C2CCC2)OCO4)cc1. The highest BCUT2D eigenvalue weighted by molar-refractivity contribution is 6.02. The zero-order valence-corrected chi connectivity index (χ0v) is 16.2. The van der Waals surface area contributed by atoms with E-state index in [0.717, 1.165) is 52.2 Å². The lowest BCUT2D eigenvalue weighted by Gasteiger charge is -2.30. The van der Waals surface area contributed by atoms with Crippen LogP contribution in [0.1, 0.15) is 32.2 Å². The Balaban J connectivity index is 1.59. The summed E-state index contributed by atoms with van der Waals surface area (Å²) in [4.78, 5) is 11.6. The Morgan fingerprint density at radius 1 is 1.21 bits per heavy atom. The molecule has 1 aliphatic carbocycles. The van der Waals surface area contributed by atoms with E-state index in [2.05, 4.69) is 9.88 Å². The predicted molar refractivity (Wildman–Crippen MR) is 111 cm³/mol. The first kappa shape index (κ1) is 17.7. The Hall–Kier alpha value is -3.35. The van der Waals surface area contributed by atoms with E-state index in [9.17, 15) is 4.79 Å². The van der Waals surface area contributed by atoms with E-state index in [1.165, 1.54) is 6.42 Å². The molecule has 7 nitrogen and oxygen atoms in total. The van der Waals surface area contributed by atoms with E-state index in [1.54, 1.807) is 6.92 Å². The van der Waals surface area contributed by atoms with Crippen LogP contribution in [0.15, 0.2) is 36.4 Å². The summed E-state index contributed by atoms with van der Waals surface area (Å²) in [5.41, 5.74) is 11.1. The van der Waals surface area contributed by atoms with Crippen LogP contribution in [0.2, 0.25) is 0 Å². The van der Waals surface area contributed by atoms with E-state index in [1.807, 2.05) is 36.4 Å². The van der Waals surface area contributed by atoms with Crippen LogP contribution in [-0.4, -0.2) is 24.1 Å². The molecule has 1 fully saturated rings. The number of ether oxygens (including phenoxy) is 3. The second-order valence-corrected chi connectivity index (χ2v) is 7.36. The second-order valence-electron chi connectivity index (χ2n) is 7.36. The van der Waals surface area contributed by atoms with Crippen LogP contribution in [-0.2, 0) is 4.74 Å². The molecule has 1 amide bonds. The van der Waals surface area contributed by atoms with Gasteiger partial charge in [-0.25, -0.2) is 4.79 Å². The van der Waals surface area contributed by atoms with Gasteiger partial charge in [0.25, 0.3) is 0 Å². The molecule has 2 aromatic carbocycles. The maximum Gasteiger partial charge on any atom is 0.411 e. The quantitative estimate of drug-likeness (QED) is 0.657. The van der Waals surface area contributed by atoms with Crippen molar-refractivity contribution in [1.29, 1.82) is 0 Å². The molecule has 2 aliphatic rings. The average Bonchev–Trinajstić information content (AvgIpc) is 3.23. The van der Waals surface area contributed by atoms with Gasteiger partial charge < -0.3 is 24.5 Å². The van der Waals surface area contributed by atoms with Gasteiger partial charge in [-0.2, -0.15) is 0 Å². The van der Waals surface area contributed by atoms with Gasteiger partial charge in [-0.15, -0.1) is 0 Å². The van der Waals surface area contributed by atoms with Crippen LogP contribution in [0.4, 0.5) is 16.2 Å². The van der Waals surface area contributed by atoms with Crippen molar-refractivity contribution in [3.8, 4) is 22.8 Å². The summed E-state index contributed by atoms with van der Waals surface area (Å²) >= 11 is 0. The number of nitrogen functional groups attached to an aromatic ring is 1. The van der Waals surface area contributed by atoms with Gasteiger partial charge >= 0.3 is 6.09 Å². The highest BCUT2D eigenvalue weighted by Crippen LogP contribution is 2.47. The molecule has 0 saturated heterocycles. The number of fused-ring (bicyclic) bond motifs is 2. The van der Waals surface area contributed by atoms with E-state index >= 15 is 0 Å². The number of benzene rings is 2. The molecule has 0 unspecified atom stereocenters. The van der Waals surface area contributed by atoms with Gasteiger partial charge in [0.1, 0.15) is 0 Å². The van der Waals surface area contributed by atoms with Crippen molar-refractivity contribution >= 4 is 28.4 Å². The van der Waals surface area contributed by atoms with E-state index in [0.29, 0.717) is 18.3 Å². The average molecular weight is 393 g/mol. The molecule has 1 aromatic heterocycles. The molecule has 0 atom stereocenters. The number of nitrogens with one attached hydrogen (secondary N) is 1. The van der Waals surface area contributed by atoms with E-state index in [4.69, 9.17) is 19.9 Å². The van der Waals surface area contributed by atoms with Crippen molar-refractivity contribution < 1.29 is 19.0 Å². The summed E-state index contributed by atoms with van der Waals surface area (Å²) in [6.07, 6.45) is 3.02. The smallest absolute Gasteiger partial charge is 0.411 e. The van der Waals surface area contributed by atoms with Gasteiger partial charge in [0, 0.05) is 28.7 Å². The summed E-state index contributed by atoms with van der Waals surface area (Å²) in [6, 6.07) is 12.1. The second kappa shape index (κ2) is 6.92. The minimum absolute atomic E-state index is 0.243. The molecule has 3 N–H and O–H groups in total. The molecular weight excluding hydrogens is 370 g/mol. The monoisotopic (exact) mass is 393 g/mol. The predicted octanol–water partition coefficient (Wildman–Crippen LogP) is 4.91. The number of hydrogen-bond donors (Lipinski definition) is 2. The van der Waals surface area contributed by atoms with Crippen molar-refractivity contribution in [2.24, 2.45) is 0 Å². The van der Waals surface area contributed by atoms with Crippen LogP contribution in [0.5, 0.6) is 11.5 Å². The maximum atomic E-state index is 11.6. The molecule has 1 aliphatic heterocycles. The summed E-state index contributed by atoms with van der Waals surface area (Å²) < 4.78 is 18.4. The Bertz CT molecular complexity index is 1080. The number of amides is 1. The zero-order valence-electron chi connectivity index (χ0n) is 16.2. The van der Waals surface area contributed by atoms with Crippen molar-refractivity contribution in [2.45, 2.75) is 32.2 Å². The molecule has 0 spiro atoms. The number of hydrogen-bond acceptors (Lipinski definition) is 5. The van der Waals surface area contributed by atoms with Crippen LogP contribution >= 0.6 is 0 Å². The number of nitrogens with zero attached hydrogens (tertiary/aromatic N) is 1. The fraction of sp³-hybridized carbons (Fsp3) is 0.318. The number of anilines is 2. The summed E-state index contributed by atoms with van der Waals surface area (Å²) in [5, 5.41) is 3.70. The molecule has 29 heavy (non-hydrogen) atoms. The molecule has 5 rings (SSSR count). The number of rotatable bonds is 4. The lowest BCUT2D eigenvalue weighted by molar-refractivity contribution is 0.168. The first-order valence-corrected chi connectivity index (χ1v) is 9.93. The fourth-order valence-corrected chi connectivity index (χ4v) is 4.04. The first-order chi connectivity index (χ1) is 14.2. The van der Waals surface area contributed by atoms with Crippen LogP contribution in [0.25, 0.3) is 22.2 Å². The topological polar surface area (TPSA) is 87.7 Å². The first-order valence-electron chi connectivity index (χ1n) is 9.93.